The molecule has 2 rings (SSSR count). The summed E-state index contributed by atoms with van der Waals surface area (Å²) in [6.07, 6.45) is 0. The summed E-state index contributed by atoms with van der Waals surface area (Å²) in [5, 5.41) is 2.53. The third kappa shape index (κ3) is 4.10. The van der Waals surface area contributed by atoms with Gasteiger partial charge >= 0.3 is 0 Å². The summed E-state index contributed by atoms with van der Waals surface area (Å²) in [6, 6.07) is 10.5. The van der Waals surface area contributed by atoms with Gasteiger partial charge < -0.3 is 20.5 Å². The highest BCUT2D eigenvalue weighted by molar-refractivity contribution is 5.91. The summed E-state index contributed by atoms with van der Waals surface area (Å²) >= 11 is 0. The van der Waals surface area contributed by atoms with E-state index < -0.39 is 11.7 Å². The Morgan fingerprint density at radius 3 is 2.76 bits per heavy atom. The van der Waals surface area contributed by atoms with Crippen molar-refractivity contribution in [1.82, 2.24) is 0 Å². The van der Waals surface area contributed by atoms with Crippen LogP contribution in [0, 0.1) is 5.82 Å². The number of anilines is 2. The fourth-order valence-corrected chi connectivity index (χ4v) is 1.71. The summed E-state index contributed by atoms with van der Waals surface area (Å²) in [5.74, 6) is 0.0167. The first kappa shape index (κ1) is 14.6. The molecule has 0 atom stereocenters. The van der Waals surface area contributed by atoms with E-state index in [-0.39, 0.29) is 6.61 Å². The van der Waals surface area contributed by atoms with Gasteiger partial charge in [-0.25, -0.2) is 4.39 Å². The van der Waals surface area contributed by atoms with Crippen LogP contribution in [0.5, 0.6) is 11.5 Å². The molecule has 0 aromatic heterocycles. The van der Waals surface area contributed by atoms with Crippen molar-refractivity contribution in [2.24, 2.45) is 0 Å². The predicted molar refractivity (Wildman–Crippen MR) is 77.9 cm³/mol. The van der Waals surface area contributed by atoms with Crippen LogP contribution in [-0.2, 0) is 4.79 Å². The van der Waals surface area contributed by atoms with Crippen molar-refractivity contribution in [3.63, 3.8) is 0 Å². The fraction of sp³-hybridized carbons (Fsp3) is 0.133. The Morgan fingerprint density at radius 1 is 1.24 bits per heavy atom. The Balaban J connectivity index is 1.95. The van der Waals surface area contributed by atoms with Crippen LogP contribution in [0.15, 0.2) is 42.5 Å². The molecule has 2 aromatic carbocycles. The van der Waals surface area contributed by atoms with Gasteiger partial charge in [0.2, 0.25) is 0 Å². The van der Waals surface area contributed by atoms with Crippen molar-refractivity contribution < 1.29 is 18.7 Å². The minimum Gasteiger partial charge on any atom is -0.493 e. The van der Waals surface area contributed by atoms with E-state index in [0.717, 1.165) is 0 Å². The van der Waals surface area contributed by atoms with Crippen LogP contribution in [0.2, 0.25) is 0 Å². The van der Waals surface area contributed by atoms with E-state index in [0.29, 0.717) is 22.9 Å². The lowest BCUT2D eigenvalue weighted by Gasteiger charge is -2.11. The Morgan fingerprint density at radius 2 is 2.05 bits per heavy atom. The molecule has 0 aliphatic carbocycles. The highest BCUT2D eigenvalue weighted by Crippen LogP contribution is 2.28. The molecule has 2 aromatic rings. The number of rotatable bonds is 5. The largest absolute Gasteiger partial charge is 0.493 e. The molecule has 110 valence electrons. The monoisotopic (exact) mass is 290 g/mol. The van der Waals surface area contributed by atoms with Gasteiger partial charge in [0.25, 0.3) is 5.91 Å². The first-order chi connectivity index (χ1) is 10.1. The Bertz CT molecular complexity index is 647. The number of hydrogen-bond donors (Lipinski definition) is 2. The van der Waals surface area contributed by atoms with E-state index in [2.05, 4.69) is 5.32 Å². The number of carbonyl (C=O) groups is 1. The zero-order valence-electron chi connectivity index (χ0n) is 11.4. The number of benzene rings is 2. The molecule has 21 heavy (non-hydrogen) atoms. The molecule has 0 unspecified atom stereocenters. The van der Waals surface area contributed by atoms with E-state index in [1.807, 2.05) is 0 Å². The number of ether oxygens (including phenoxy) is 2. The van der Waals surface area contributed by atoms with Crippen molar-refractivity contribution in [2.75, 3.05) is 24.8 Å². The molecule has 0 radical (unpaired) electrons. The van der Waals surface area contributed by atoms with Crippen molar-refractivity contribution >= 4 is 17.3 Å². The van der Waals surface area contributed by atoms with Crippen LogP contribution >= 0.6 is 0 Å². The molecule has 1 amide bonds. The first-order valence-corrected chi connectivity index (χ1v) is 6.20. The molecule has 0 spiro atoms. The van der Waals surface area contributed by atoms with E-state index in [9.17, 15) is 9.18 Å². The number of methoxy groups -OCH3 is 1. The van der Waals surface area contributed by atoms with Gasteiger partial charge in [-0.05, 0) is 30.3 Å². The molecular weight excluding hydrogens is 275 g/mol. The van der Waals surface area contributed by atoms with Gasteiger partial charge in [-0.1, -0.05) is 6.07 Å². The second-order valence-corrected chi connectivity index (χ2v) is 4.26. The molecule has 0 bridgehead atoms. The lowest BCUT2D eigenvalue weighted by atomic mass is 10.3. The fourth-order valence-electron chi connectivity index (χ4n) is 1.71. The third-order valence-corrected chi connectivity index (χ3v) is 2.65. The van der Waals surface area contributed by atoms with Crippen LogP contribution in [0.4, 0.5) is 15.8 Å². The van der Waals surface area contributed by atoms with Crippen LogP contribution < -0.4 is 20.5 Å². The SMILES string of the molecule is COc1cc(N)ccc1OCC(=O)Nc1cccc(F)c1. The van der Waals surface area contributed by atoms with Gasteiger partial charge in [0.15, 0.2) is 18.1 Å². The molecule has 6 heteroatoms. The molecule has 0 heterocycles. The maximum Gasteiger partial charge on any atom is 0.262 e. The summed E-state index contributed by atoms with van der Waals surface area (Å²) in [6.45, 7) is -0.225. The maximum absolute atomic E-state index is 13.0. The van der Waals surface area contributed by atoms with Crippen molar-refractivity contribution in [3.05, 3.63) is 48.3 Å². The second-order valence-electron chi connectivity index (χ2n) is 4.26. The molecule has 0 aliphatic heterocycles. The number of amides is 1. The predicted octanol–water partition coefficient (Wildman–Crippen LogP) is 2.43. The second kappa shape index (κ2) is 6.60. The first-order valence-electron chi connectivity index (χ1n) is 6.20. The van der Waals surface area contributed by atoms with Gasteiger partial charge in [0.05, 0.1) is 7.11 Å². The number of hydrogen-bond acceptors (Lipinski definition) is 4. The molecule has 0 aliphatic rings. The molecule has 5 nitrogen and oxygen atoms in total. The van der Waals surface area contributed by atoms with Crippen LogP contribution in [0.25, 0.3) is 0 Å². The number of nitrogens with two attached hydrogens (primary N) is 1. The van der Waals surface area contributed by atoms with Gasteiger partial charge in [-0.2, -0.15) is 0 Å². The molecule has 0 saturated carbocycles. The minimum absolute atomic E-state index is 0.225. The van der Waals surface area contributed by atoms with E-state index >= 15 is 0 Å². The number of carbonyl (C=O) groups excluding carboxylic acids is 1. The molecule has 0 saturated heterocycles. The highest BCUT2D eigenvalue weighted by atomic mass is 19.1. The van der Waals surface area contributed by atoms with Crippen LogP contribution in [-0.4, -0.2) is 19.6 Å². The minimum atomic E-state index is -0.422. The highest BCUT2D eigenvalue weighted by Gasteiger charge is 2.08. The summed E-state index contributed by atoms with van der Waals surface area (Å²) in [4.78, 5) is 11.7. The summed E-state index contributed by atoms with van der Waals surface area (Å²) in [7, 11) is 1.48. The molecule has 0 fully saturated rings. The van der Waals surface area contributed by atoms with Crippen LogP contribution in [0.1, 0.15) is 0 Å². The Kier molecular flexibility index (Phi) is 4.61. The zero-order valence-corrected chi connectivity index (χ0v) is 11.4. The summed E-state index contributed by atoms with van der Waals surface area (Å²) in [5.41, 5.74) is 6.52. The normalized spacial score (nSPS) is 10.0. The van der Waals surface area contributed by atoms with Crippen molar-refractivity contribution in [2.45, 2.75) is 0 Å². The lowest BCUT2D eigenvalue weighted by Crippen LogP contribution is -2.20. The number of nitrogens with one attached hydrogen (secondary N) is 1. The average molecular weight is 290 g/mol. The topological polar surface area (TPSA) is 73.6 Å². The van der Waals surface area contributed by atoms with Gasteiger partial charge in [-0.15, -0.1) is 0 Å². The standard InChI is InChI=1S/C15H15FN2O3/c1-20-14-8-11(17)5-6-13(14)21-9-15(19)18-12-4-2-3-10(16)7-12/h2-8H,9,17H2,1H3,(H,18,19). The van der Waals surface area contributed by atoms with Crippen molar-refractivity contribution in [1.29, 1.82) is 0 Å². The summed E-state index contributed by atoms with van der Waals surface area (Å²) < 4.78 is 23.5. The van der Waals surface area contributed by atoms with Gasteiger partial charge in [-0.3, -0.25) is 4.79 Å². The smallest absolute Gasteiger partial charge is 0.262 e. The molecular formula is C15H15FN2O3. The Labute approximate surface area is 121 Å². The number of nitrogen functional groups attached to an aromatic ring is 1. The van der Waals surface area contributed by atoms with E-state index in [1.54, 1.807) is 24.3 Å². The van der Waals surface area contributed by atoms with Crippen molar-refractivity contribution in [3.8, 4) is 11.5 Å². The van der Waals surface area contributed by atoms with E-state index in [4.69, 9.17) is 15.2 Å². The number of halogens is 1. The molecule has 3 N–H and O–H groups in total. The van der Waals surface area contributed by atoms with Gasteiger partial charge in [0.1, 0.15) is 5.82 Å². The van der Waals surface area contributed by atoms with E-state index in [1.165, 1.54) is 25.3 Å². The lowest BCUT2D eigenvalue weighted by molar-refractivity contribution is -0.118. The van der Waals surface area contributed by atoms with Gasteiger partial charge in [0, 0.05) is 17.4 Å². The third-order valence-electron chi connectivity index (χ3n) is 2.65. The maximum atomic E-state index is 13.0. The quantitative estimate of drug-likeness (QED) is 0.829. The van der Waals surface area contributed by atoms with Crippen LogP contribution in [0.3, 0.4) is 0 Å². The Hall–Kier alpha value is -2.76. The zero-order chi connectivity index (χ0) is 15.2. The average Bonchev–Trinajstić information content (AvgIpc) is 2.45.